The molecule has 19 heavy (non-hydrogen) atoms. The lowest BCUT2D eigenvalue weighted by molar-refractivity contribution is -0.139. The summed E-state index contributed by atoms with van der Waals surface area (Å²) < 4.78 is 0. The molecule has 0 aromatic rings. The first-order valence-electron chi connectivity index (χ1n) is 8.58. The second-order valence-electron chi connectivity index (χ2n) is 8.21. The first kappa shape index (κ1) is 12.6. The average molecular weight is 263 g/mol. The van der Waals surface area contributed by atoms with Crippen LogP contribution < -0.4 is 0 Å². The number of likely N-dealkylation sites (tertiary alicyclic amines) is 1. The number of aliphatic hydroxyl groups excluding tert-OH is 1. The van der Waals surface area contributed by atoms with E-state index < -0.39 is 0 Å². The molecule has 2 atom stereocenters. The van der Waals surface area contributed by atoms with Gasteiger partial charge in [0.05, 0.1) is 6.10 Å². The minimum atomic E-state index is -0.0704. The highest BCUT2D eigenvalue weighted by Gasteiger charge is 2.55. The van der Waals surface area contributed by atoms with Gasteiger partial charge in [-0.05, 0) is 94.5 Å². The van der Waals surface area contributed by atoms with Crippen LogP contribution in [0.5, 0.6) is 0 Å². The van der Waals surface area contributed by atoms with E-state index in [1.54, 1.807) is 0 Å². The molecule has 108 valence electrons. The normalized spacial score (nSPS) is 48.6. The van der Waals surface area contributed by atoms with E-state index >= 15 is 0 Å². The van der Waals surface area contributed by atoms with E-state index in [1.807, 2.05) is 0 Å². The van der Waals surface area contributed by atoms with Crippen molar-refractivity contribution in [1.29, 1.82) is 0 Å². The number of hydrogen-bond donors (Lipinski definition) is 1. The first-order valence-corrected chi connectivity index (χ1v) is 8.58. The lowest BCUT2D eigenvalue weighted by atomic mass is 9.47. The van der Waals surface area contributed by atoms with Crippen LogP contribution in [0.3, 0.4) is 0 Å². The van der Waals surface area contributed by atoms with E-state index in [0.29, 0.717) is 11.5 Å². The largest absolute Gasteiger partial charge is 0.391 e. The van der Waals surface area contributed by atoms with Crippen molar-refractivity contribution in [3.63, 3.8) is 0 Å². The van der Waals surface area contributed by atoms with Crippen molar-refractivity contribution in [3.8, 4) is 0 Å². The van der Waals surface area contributed by atoms with Gasteiger partial charge in [-0.25, -0.2) is 0 Å². The Morgan fingerprint density at radius 1 is 0.947 bits per heavy atom. The number of nitrogens with zero attached hydrogens (tertiary/aromatic N) is 1. The molecule has 5 rings (SSSR count). The highest BCUT2D eigenvalue weighted by Crippen LogP contribution is 2.61. The van der Waals surface area contributed by atoms with Gasteiger partial charge in [-0.2, -0.15) is 0 Å². The molecular formula is C17H29NO. The summed E-state index contributed by atoms with van der Waals surface area (Å²) in [7, 11) is 0. The second-order valence-corrected chi connectivity index (χ2v) is 8.21. The number of aliphatic hydroxyl groups is 1. The Bertz CT molecular complexity index is 312. The maximum Gasteiger partial charge on any atom is 0.0749 e. The third-order valence-corrected chi connectivity index (χ3v) is 6.89. The molecule has 0 amide bonds. The molecule has 4 bridgehead atoms. The Kier molecular flexibility index (Phi) is 2.97. The Balaban J connectivity index is 1.53. The zero-order valence-corrected chi connectivity index (χ0v) is 12.4. The van der Waals surface area contributed by atoms with Gasteiger partial charge in [-0.1, -0.05) is 0 Å². The molecule has 0 spiro atoms. The van der Waals surface area contributed by atoms with Gasteiger partial charge >= 0.3 is 0 Å². The fourth-order valence-corrected chi connectivity index (χ4v) is 6.40. The number of rotatable bonds is 3. The Labute approximate surface area is 117 Å². The summed E-state index contributed by atoms with van der Waals surface area (Å²) >= 11 is 0. The van der Waals surface area contributed by atoms with Gasteiger partial charge < -0.3 is 5.11 Å². The van der Waals surface area contributed by atoms with Crippen LogP contribution in [0.15, 0.2) is 0 Å². The highest BCUT2D eigenvalue weighted by molar-refractivity contribution is 5.06. The molecule has 0 radical (unpaired) electrons. The fourth-order valence-electron chi connectivity index (χ4n) is 6.40. The molecule has 2 nitrogen and oxygen atoms in total. The molecule has 5 aliphatic rings. The molecule has 0 aromatic carbocycles. The van der Waals surface area contributed by atoms with Gasteiger partial charge in [-0.15, -0.1) is 0 Å². The van der Waals surface area contributed by atoms with E-state index in [1.165, 1.54) is 64.5 Å². The zero-order valence-electron chi connectivity index (χ0n) is 12.4. The van der Waals surface area contributed by atoms with E-state index in [-0.39, 0.29) is 6.10 Å². The molecule has 4 saturated carbocycles. The number of hydrogen-bond acceptors (Lipinski definition) is 2. The van der Waals surface area contributed by atoms with E-state index in [4.69, 9.17) is 0 Å². The van der Waals surface area contributed by atoms with Crippen LogP contribution in [-0.4, -0.2) is 35.2 Å². The molecule has 2 unspecified atom stereocenters. The van der Waals surface area contributed by atoms with Gasteiger partial charge in [0.25, 0.3) is 0 Å². The summed E-state index contributed by atoms with van der Waals surface area (Å²) in [6, 6.07) is 0.388. The van der Waals surface area contributed by atoms with Crippen molar-refractivity contribution in [3.05, 3.63) is 0 Å². The maximum absolute atomic E-state index is 11.1. The smallest absolute Gasteiger partial charge is 0.0749 e. The van der Waals surface area contributed by atoms with Crippen LogP contribution in [0.25, 0.3) is 0 Å². The zero-order chi connectivity index (χ0) is 13.0. The van der Waals surface area contributed by atoms with Gasteiger partial charge in [-0.3, -0.25) is 4.90 Å². The molecule has 0 aromatic heterocycles. The van der Waals surface area contributed by atoms with Gasteiger partial charge in [0, 0.05) is 6.04 Å². The van der Waals surface area contributed by atoms with Crippen LogP contribution in [0.2, 0.25) is 0 Å². The van der Waals surface area contributed by atoms with E-state index in [9.17, 15) is 5.11 Å². The standard InChI is InChI=1S/C17H29NO/c1-12(18-4-2-3-5-18)16(19)17-9-13-6-14(10-17)8-15(7-13)11-17/h12-16,19H,2-11H2,1H3. The third kappa shape index (κ3) is 1.98. The Morgan fingerprint density at radius 2 is 1.42 bits per heavy atom. The summed E-state index contributed by atoms with van der Waals surface area (Å²) in [5.74, 6) is 2.85. The molecule has 1 saturated heterocycles. The lowest BCUT2D eigenvalue weighted by Gasteiger charge is -2.59. The van der Waals surface area contributed by atoms with Crippen LogP contribution in [0.4, 0.5) is 0 Å². The molecule has 4 aliphatic carbocycles. The van der Waals surface area contributed by atoms with Gasteiger partial charge in [0.1, 0.15) is 0 Å². The van der Waals surface area contributed by atoms with Crippen molar-refractivity contribution in [2.24, 2.45) is 23.2 Å². The second kappa shape index (κ2) is 4.46. The topological polar surface area (TPSA) is 23.5 Å². The third-order valence-electron chi connectivity index (χ3n) is 6.89. The van der Waals surface area contributed by atoms with Gasteiger partial charge in [0.15, 0.2) is 0 Å². The summed E-state index contributed by atoms with van der Waals surface area (Å²) in [6.45, 7) is 4.71. The summed E-state index contributed by atoms with van der Waals surface area (Å²) in [6.07, 6.45) is 11.0. The van der Waals surface area contributed by atoms with Crippen molar-refractivity contribution in [2.45, 2.75) is 70.4 Å². The fraction of sp³-hybridized carbons (Fsp3) is 1.00. The average Bonchev–Trinajstić information content (AvgIpc) is 2.89. The van der Waals surface area contributed by atoms with Crippen LogP contribution >= 0.6 is 0 Å². The Morgan fingerprint density at radius 3 is 1.89 bits per heavy atom. The summed E-state index contributed by atoms with van der Waals surface area (Å²) in [4.78, 5) is 2.54. The monoisotopic (exact) mass is 263 g/mol. The summed E-state index contributed by atoms with van der Waals surface area (Å²) in [5.41, 5.74) is 0.302. The van der Waals surface area contributed by atoms with E-state index in [2.05, 4.69) is 11.8 Å². The summed E-state index contributed by atoms with van der Waals surface area (Å²) in [5, 5.41) is 11.1. The molecule has 2 heteroatoms. The van der Waals surface area contributed by atoms with Crippen molar-refractivity contribution in [2.75, 3.05) is 13.1 Å². The maximum atomic E-state index is 11.1. The van der Waals surface area contributed by atoms with Gasteiger partial charge in [0.2, 0.25) is 0 Å². The molecule has 1 aliphatic heterocycles. The molecule has 1 N–H and O–H groups in total. The molecular weight excluding hydrogens is 234 g/mol. The van der Waals surface area contributed by atoms with Crippen LogP contribution in [0, 0.1) is 23.2 Å². The van der Waals surface area contributed by atoms with Crippen molar-refractivity contribution >= 4 is 0 Å². The van der Waals surface area contributed by atoms with Crippen molar-refractivity contribution in [1.82, 2.24) is 4.90 Å². The minimum absolute atomic E-state index is 0.0704. The minimum Gasteiger partial charge on any atom is -0.391 e. The van der Waals surface area contributed by atoms with E-state index in [0.717, 1.165) is 17.8 Å². The SMILES string of the molecule is CC(C(O)C12CC3CC(CC(C3)C1)C2)N1CCCC1. The van der Waals surface area contributed by atoms with Crippen molar-refractivity contribution < 1.29 is 5.11 Å². The lowest BCUT2D eigenvalue weighted by Crippen LogP contribution is -2.57. The van der Waals surface area contributed by atoms with Crippen LogP contribution in [0.1, 0.15) is 58.3 Å². The quantitative estimate of drug-likeness (QED) is 0.846. The first-order chi connectivity index (χ1) is 9.16. The highest BCUT2D eigenvalue weighted by atomic mass is 16.3. The van der Waals surface area contributed by atoms with Crippen LogP contribution in [-0.2, 0) is 0 Å². The Hall–Kier alpha value is -0.0800. The predicted molar refractivity (Wildman–Crippen MR) is 76.9 cm³/mol. The predicted octanol–water partition coefficient (Wildman–Crippen LogP) is 3.05. The molecule has 1 heterocycles. The molecule has 5 fully saturated rings.